The fourth-order valence-corrected chi connectivity index (χ4v) is 5.27. The molecule has 3 aromatic carbocycles. The zero-order valence-corrected chi connectivity index (χ0v) is 23.5. The van der Waals surface area contributed by atoms with Gasteiger partial charge in [0.25, 0.3) is 0 Å². The fourth-order valence-electron chi connectivity index (χ4n) is 5.14. The summed E-state index contributed by atoms with van der Waals surface area (Å²) in [4.78, 5) is 29.4. The van der Waals surface area contributed by atoms with E-state index in [1.807, 2.05) is 72.8 Å². The van der Waals surface area contributed by atoms with Crippen LogP contribution in [-0.2, 0) is 29.0 Å². The molecule has 3 aromatic rings. The van der Waals surface area contributed by atoms with Crippen LogP contribution in [0.25, 0.3) is 0 Å². The Hall–Kier alpha value is -3.51. The van der Waals surface area contributed by atoms with Gasteiger partial charge in [0.15, 0.2) is 11.5 Å². The molecular formula is C32H37ClN2O4. The normalized spacial score (nSPS) is 14.0. The first-order valence-electron chi connectivity index (χ1n) is 13.6. The third kappa shape index (κ3) is 7.99. The highest BCUT2D eigenvalue weighted by Gasteiger charge is 2.32. The molecule has 1 N–H and O–H groups in total. The fraction of sp³-hybridized carbons (Fsp3) is 0.375. The van der Waals surface area contributed by atoms with Crippen LogP contribution in [0.5, 0.6) is 11.5 Å². The van der Waals surface area contributed by atoms with Crippen LogP contribution in [0.4, 0.5) is 0 Å². The van der Waals surface area contributed by atoms with Crippen molar-refractivity contribution in [2.45, 2.75) is 63.6 Å². The molecule has 39 heavy (non-hydrogen) atoms. The quantitative estimate of drug-likeness (QED) is 0.302. The van der Waals surface area contributed by atoms with Crippen LogP contribution in [0.15, 0.2) is 72.8 Å². The third-order valence-electron chi connectivity index (χ3n) is 7.31. The topological polar surface area (TPSA) is 67.9 Å². The van der Waals surface area contributed by atoms with Gasteiger partial charge >= 0.3 is 0 Å². The van der Waals surface area contributed by atoms with Gasteiger partial charge in [-0.05, 0) is 60.2 Å². The predicted octanol–water partition coefficient (Wildman–Crippen LogP) is 5.99. The molecule has 0 aromatic heterocycles. The lowest BCUT2D eigenvalue weighted by Crippen LogP contribution is -2.52. The smallest absolute Gasteiger partial charge is 0.243 e. The number of carbonyl (C=O) groups is 2. The molecule has 0 spiro atoms. The Bertz CT molecular complexity index is 1230. The summed E-state index contributed by atoms with van der Waals surface area (Å²) in [5.74, 6) is 1.09. The largest absolute Gasteiger partial charge is 0.493 e. The summed E-state index contributed by atoms with van der Waals surface area (Å²) in [6.45, 7) is 0.317. The summed E-state index contributed by atoms with van der Waals surface area (Å²) >= 11 is 6.13. The Labute approximate surface area is 236 Å². The highest BCUT2D eigenvalue weighted by atomic mass is 35.5. The van der Waals surface area contributed by atoms with Crippen molar-refractivity contribution >= 4 is 23.4 Å². The maximum absolute atomic E-state index is 13.9. The minimum absolute atomic E-state index is 0.0813. The minimum atomic E-state index is -0.637. The Morgan fingerprint density at radius 1 is 0.897 bits per heavy atom. The zero-order valence-electron chi connectivity index (χ0n) is 22.7. The molecule has 1 aliphatic carbocycles. The number of nitrogens with zero attached hydrogens (tertiary/aromatic N) is 1. The highest BCUT2D eigenvalue weighted by Crippen LogP contribution is 2.28. The van der Waals surface area contributed by atoms with Gasteiger partial charge < -0.3 is 19.7 Å². The van der Waals surface area contributed by atoms with Crippen LogP contribution >= 0.6 is 11.6 Å². The second-order valence-corrected chi connectivity index (χ2v) is 10.5. The molecule has 1 aliphatic rings. The van der Waals surface area contributed by atoms with E-state index in [0.29, 0.717) is 35.9 Å². The number of hydrogen-bond acceptors (Lipinski definition) is 4. The number of ether oxygens (including phenoxy) is 2. The second-order valence-electron chi connectivity index (χ2n) is 10.0. The summed E-state index contributed by atoms with van der Waals surface area (Å²) in [5, 5.41) is 3.88. The predicted molar refractivity (Wildman–Crippen MR) is 154 cm³/mol. The lowest BCUT2D eigenvalue weighted by Gasteiger charge is -2.32. The van der Waals surface area contributed by atoms with Gasteiger partial charge in [0, 0.05) is 30.5 Å². The molecule has 0 aliphatic heterocycles. The van der Waals surface area contributed by atoms with E-state index in [1.54, 1.807) is 19.1 Å². The first kappa shape index (κ1) is 28.5. The molecule has 0 bridgehead atoms. The second kappa shape index (κ2) is 14.0. The van der Waals surface area contributed by atoms with Gasteiger partial charge in [-0.2, -0.15) is 0 Å². The lowest BCUT2D eigenvalue weighted by atomic mass is 10.0. The molecule has 1 atom stereocenters. The van der Waals surface area contributed by atoms with Gasteiger partial charge in [0.2, 0.25) is 11.8 Å². The molecule has 2 amide bonds. The van der Waals surface area contributed by atoms with Crippen molar-refractivity contribution in [2.24, 2.45) is 0 Å². The summed E-state index contributed by atoms with van der Waals surface area (Å²) in [6, 6.07) is 22.5. The van der Waals surface area contributed by atoms with Crippen LogP contribution in [0.1, 0.15) is 48.8 Å². The van der Waals surface area contributed by atoms with Crippen molar-refractivity contribution in [3.05, 3.63) is 94.5 Å². The number of aryl methyl sites for hydroxylation is 1. The summed E-state index contributed by atoms with van der Waals surface area (Å²) in [7, 11) is 3.19. The Balaban J connectivity index is 1.60. The molecule has 0 heterocycles. The zero-order chi connectivity index (χ0) is 27.6. The average Bonchev–Trinajstić information content (AvgIpc) is 3.48. The van der Waals surface area contributed by atoms with Gasteiger partial charge in [0.05, 0.1) is 14.2 Å². The minimum Gasteiger partial charge on any atom is -0.493 e. The molecule has 1 saturated carbocycles. The maximum Gasteiger partial charge on any atom is 0.243 e. The van der Waals surface area contributed by atoms with E-state index < -0.39 is 6.04 Å². The number of amides is 2. The number of hydrogen-bond donors (Lipinski definition) is 1. The molecule has 1 fully saturated rings. The highest BCUT2D eigenvalue weighted by molar-refractivity contribution is 6.30. The van der Waals surface area contributed by atoms with Gasteiger partial charge in [-0.25, -0.2) is 0 Å². The molecule has 4 rings (SSSR count). The SMILES string of the molecule is COc1ccc(CCC(=O)N(Cc2ccc(Cl)cc2)[C@H](Cc2ccccc2)C(=O)NC2CCCC2)cc1OC. The van der Waals surface area contributed by atoms with E-state index in [2.05, 4.69) is 5.32 Å². The first-order valence-corrected chi connectivity index (χ1v) is 13.9. The number of benzene rings is 3. The van der Waals surface area contributed by atoms with E-state index in [-0.39, 0.29) is 24.3 Å². The summed E-state index contributed by atoms with van der Waals surface area (Å²) in [6.07, 6.45) is 5.40. The van der Waals surface area contributed by atoms with E-state index in [1.165, 1.54) is 0 Å². The van der Waals surface area contributed by atoms with Crippen molar-refractivity contribution in [2.75, 3.05) is 14.2 Å². The third-order valence-corrected chi connectivity index (χ3v) is 7.57. The van der Waals surface area contributed by atoms with E-state index in [9.17, 15) is 9.59 Å². The number of nitrogens with one attached hydrogen (secondary N) is 1. The molecule has 0 unspecified atom stereocenters. The number of carbonyl (C=O) groups excluding carboxylic acids is 2. The summed E-state index contributed by atoms with van der Waals surface area (Å²) < 4.78 is 10.8. The van der Waals surface area contributed by atoms with Crippen LogP contribution in [0.3, 0.4) is 0 Å². The van der Waals surface area contributed by atoms with Crippen molar-refractivity contribution in [3.8, 4) is 11.5 Å². The monoisotopic (exact) mass is 548 g/mol. The molecular weight excluding hydrogens is 512 g/mol. The van der Waals surface area contributed by atoms with Crippen molar-refractivity contribution in [1.82, 2.24) is 10.2 Å². The number of methoxy groups -OCH3 is 2. The average molecular weight is 549 g/mol. The van der Waals surface area contributed by atoms with Crippen LogP contribution in [-0.4, -0.2) is 43.0 Å². The van der Waals surface area contributed by atoms with E-state index in [4.69, 9.17) is 21.1 Å². The number of halogens is 1. The number of rotatable bonds is 12. The van der Waals surface area contributed by atoms with Gasteiger partial charge in [-0.3, -0.25) is 9.59 Å². The summed E-state index contributed by atoms with van der Waals surface area (Å²) in [5.41, 5.74) is 2.89. The van der Waals surface area contributed by atoms with E-state index >= 15 is 0 Å². The maximum atomic E-state index is 13.9. The van der Waals surface area contributed by atoms with Crippen molar-refractivity contribution < 1.29 is 19.1 Å². The van der Waals surface area contributed by atoms with Crippen LogP contribution < -0.4 is 14.8 Å². The standard InChI is InChI=1S/C32H37ClN2O4/c1-38-29-18-14-24(21-30(29)39-2)15-19-31(36)35(22-25-12-16-26(33)17-13-25)28(20-23-8-4-3-5-9-23)32(37)34-27-10-6-7-11-27/h3-5,8-9,12-14,16-18,21,27-28H,6-7,10-11,15,19-20,22H2,1-2H3,(H,34,37)/t28-/m1/s1. The van der Waals surface area contributed by atoms with E-state index in [0.717, 1.165) is 42.4 Å². The lowest BCUT2D eigenvalue weighted by molar-refractivity contribution is -0.141. The van der Waals surface area contributed by atoms with Crippen molar-refractivity contribution in [1.29, 1.82) is 0 Å². The van der Waals surface area contributed by atoms with Crippen LogP contribution in [0, 0.1) is 0 Å². The van der Waals surface area contributed by atoms with Crippen molar-refractivity contribution in [3.63, 3.8) is 0 Å². The Kier molecular flexibility index (Phi) is 10.3. The van der Waals surface area contributed by atoms with Gasteiger partial charge in [0.1, 0.15) is 6.04 Å². The molecule has 0 radical (unpaired) electrons. The molecule has 7 heteroatoms. The van der Waals surface area contributed by atoms with Gasteiger partial charge in [-0.1, -0.05) is 73.0 Å². The molecule has 6 nitrogen and oxygen atoms in total. The Morgan fingerprint density at radius 3 is 2.23 bits per heavy atom. The first-order chi connectivity index (χ1) is 19.0. The van der Waals surface area contributed by atoms with Gasteiger partial charge in [-0.15, -0.1) is 0 Å². The Morgan fingerprint density at radius 2 is 1.56 bits per heavy atom. The molecule has 206 valence electrons. The molecule has 0 saturated heterocycles. The van der Waals surface area contributed by atoms with Crippen LogP contribution in [0.2, 0.25) is 5.02 Å².